The van der Waals surface area contributed by atoms with Crippen molar-refractivity contribution in [3.05, 3.63) is 30.1 Å². The first kappa shape index (κ1) is 16.2. The summed E-state index contributed by atoms with van der Waals surface area (Å²) >= 11 is 0. The van der Waals surface area contributed by atoms with Crippen molar-refractivity contribution in [3.8, 4) is 5.75 Å². The molecule has 0 bridgehead atoms. The van der Waals surface area contributed by atoms with Crippen LogP contribution < -0.4 is 10.1 Å². The smallest absolute Gasteiger partial charge is 0.258 e. The molecule has 7 heteroatoms. The molecule has 6 nitrogen and oxygen atoms in total. The van der Waals surface area contributed by atoms with Gasteiger partial charge in [0.15, 0.2) is 6.61 Å². The van der Waals surface area contributed by atoms with Gasteiger partial charge in [0.2, 0.25) is 5.91 Å². The van der Waals surface area contributed by atoms with E-state index in [-0.39, 0.29) is 24.8 Å². The molecule has 1 aliphatic rings. The van der Waals surface area contributed by atoms with Crippen LogP contribution in [0.25, 0.3) is 0 Å². The Kier molecular flexibility index (Phi) is 5.71. The summed E-state index contributed by atoms with van der Waals surface area (Å²) in [6.45, 7) is 2.72. The van der Waals surface area contributed by atoms with Crippen molar-refractivity contribution in [2.24, 2.45) is 0 Å². The number of amides is 2. The summed E-state index contributed by atoms with van der Waals surface area (Å²) < 4.78 is 18.1. The fourth-order valence-electron chi connectivity index (χ4n) is 2.10. The van der Waals surface area contributed by atoms with Gasteiger partial charge in [-0.3, -0.25) is 9.59 Å². The molecular weight excluding hydrogens is 289 g/mol. The number of rotatable bonds is 5. The second-order valence-corrected chi connectivity index (χ2v) is 5.21. The van der Waals surface area contributed by atoms with Gasteiger partial charge in [-0.2, -0.15) is 0 Å². The minimum absolute atomic E-state index is 0.0466. The Bertz CT molecular complexity index is 531. The molecule has 0 spiro atoms. The largest absolute Gasteiger partial charge is 0.484 e. The molecule has 2 rings (SSSR count). The number of nitrogens with one attached hydrogen (secondary N) is 1. The summed E-state index contributed by atoms with van der Waals surface area (Å²) in [5, 5.41) is 2.51. The maximum absolute atomic E-state index is 12.9. The van der Waals surface area contributed by atoms with Crippen molar-refractivity contribution in [1.29, 1.82) is 0 Å². The van der Waals surface area contributed by atoms with Crippen LogP contribution >= 0.6 is 0 Å². The van der Waals surface area contributed by atoms with E-state index in [1.54, 1.807) is 11.0 Å². The van der Waals surface area contributed by atoms with Crippen LogP contribution in [0.5, 0.6) is 5.75 Å². The highest BCUT2D eigenvalue weighted by molar-refractivity contribution is 5.85. The van der Waals surface area contributed by atoms with E-state index in [4.69, 9.17) is 4.74 Å². The van der Waals surface area contributed by atoms with Gasteiger partial charge in [-0.05, 0) is 19.2 Å². The lowest BCUT2D eigenvalue weighted by Crippen LogP contribution is -2.50. The van der Waals surface area contributed by atoms with E-state index in [2.05, 4.69) is 10.2 Å². The zero-order valence-electron chi connectivity index (χ0n) is 12.5. The lowest BCUT2D eigenvalue weighted by molar-refractivity contribution is -0.134. The molecule has 1 N–H and O–H groups in total. The fraction of sp³-hybridized carbons (Fsp3) is 0.467. The van der Waals surface area contributed by atoms with E-state index < -0.39 is 11.7 Å². The van der Waals surface area contributed by atoms with Crippen molar-refractivity contribution in [3.63, 3.8) is 0 Å². The molecule has 0 atom stereocenters. The van der Waals surface area contributed by atoms with Gasteiger partial charge in [-0.15, -0.1) is 0 Å². The van der Waals surface area contributed by atoms with Crippen LogP contribution in [-0.2, 0) is 9.59 Å². The summed E-state index contributed by atoms with van der Waals surface area (Å²) in [5.41, 5.74) is 0. The summed E-state index contributed by atoms with van der Waals surface area (Å²) in [6, 6.07) is 5.55. The number of carbonyl (C=O) groups is 2. The maximum atomic E-state index is 12.9. The topological polar surface area (TPSA) is 61.9 Å². The first-order chi connectivity index (χ1) is 10.5. The molecule has 22 heavy (non-hydrogen) atoms. The van der Waals surface area contributed by atoms with Gasteiger partial charge < -0.3 is 19.9 Å². The Morgan fingerprint density at radius 3 is 2.68 bits per heavy atom. The van der Waals surface area contributed by atoms with Gasteiger partial charge >= 0.3 is 0 Å². The van der Waals surface area contributed by atoms with Crippen LogP contribution in [0.2, 0.25) is 0 Å². The van der Waals surface area contributed by atoms with Gasteiger partial charge in [0.05, 0.1) is 6.54 Å². The number of carbonyl (C=O) groups excluding carboxylic acids is 2. The van der Waals surface area contributed by atoms with Crippen LogP contribution in [0.1, 0.15) is 0 Å². The first-order valence-corrected chi connectivity index (χ1v) is 7.16. The van der Waals surface area contributed by atoms with E-state index in [1.165, 1.54) is 18.2 Å². The van der Waals surface area contributed by atoms with Crippen LogP contribution in [0.4, 0.5) is 4.39 Å². The summed E-state index contributed by atoms with van der Waals surface area (Å²) in [7, 11) is 2.01. The molecular formula is C15H20FN3O3. The number of nitrogens with zero attached hydrogens (tertiary/aromatic N) is 2. The normalized spacial score (nSPS) is 15.5. The minimum atomic E-state index is -0.428. The third-order valence-corrected chi connectivity index (χ3v) is 3.46. The van der Waals surface area contributed by atoms with E-state index >= 15 is 0 Å². The van der Waals surface area contributed by atoms with Crippen LogP contribution in [0.15, 0.2) is 24.3 Å². The van der Waals surface area contributed by atoms with Gasteiger partial charge in [0.25, 0.3) is 5.91 Å². The monoisotopic (exact) mass is 309 g/mol. The summed E-state index contributed by atoms with van der Waals surface area (Å²) in [5.74, 6) is -0.664. The lowest BCUT2D eigenvalue weighted by atomic mass is 10.3. The Labute approximate surface area is 128 Å². The molecule has 0 aromatic heterocycles. The molecule has 1 heterocycles. The van der Waals surface area contributed by atoms with Gasteiger partial charge in [-0.1, -0.05) is 6.07 Å². The Hall–Kier alpha value is -2.15. The summed E-state index contributed by atoms with van der Waals surface area (Å²) in [6.07, 6.45) is 0. The molecule has 0 unspecified atom stereocenters. The molecule has 1 aromatic carbocycles. The van der Waals surface area contributed by atoms with Gasteiger partial charge in [-0.25, -0.2) is 4.39 Å². The highest BCUT2D eigenvalue weighted by Crippen LogP contribution is 2.11. The Balaban J connectivity index is 1.68. The zero-order chi connectivity index (χ0) is 15.9. The van der Waals surface area contributed by atoms with E-state index in [9.17, 15) is 14.0 Å². The van der Waals surface area contributed by atoms with Gasteiger partial charge in [0.1, 0.15) is 11.6 Å². The number of hydrogen-bond acceptors (Lipinski definition) is 4. The molecule has 1 fully saturated rings. The number of hydrogen-bond donors (Lipinski definition) is 1. The highest BCUT2D eigenvalue weighted by atomic mass is 19.1. The third kappa shape index (κ3) is 5.00. The molecule has 120 valence electrons. The molecule has 0 saturated carbocycles. The summed E-state index contributed by atoms with van der Waals surface area (Å²) in [4.78, 5) is 27.4. The number of likely N-dealkylation sites (N-methyl/N-ethyl adjacent to an activating group) is 1. The standard InChI is InChI=1S/C15H20FN3O3/c1-18-5-7-19(8-6-18)15(21)10-17-14(20)11-22-13-4-2-3-12(16)9-13/h2-4,9H,5-8,10-11H2,1H3,(H,17,20). The predicted molar refractivity (Wildman–Crippen MR) is 79.0 cm³/mol. The second kappa shape index (κ2) is 7.74. The average Bonchev–Trinajstić information content (AvgIpc) is 2.51. The van der Waals surface area contributed by atoms with E-state index in [0.29, 0.717) is 13.1 Å². The van der Waals surface area contributed by atoms with Crippen molar-refractivity contribution in [2.45, 2.75) is 0 Å². The van der Waals surface area contributed by atoms with Crippen LogP contribution in [0.3, 0.4) is 0 Å². The average molecular weight is 309 g/mol. The molecule has 0 aliphatic carbocycles. The van der Waals surface area contributed by atoms with Crippen molar-refractivity contribution >= 4 is 11.8 Å². The first-order valence-electron chi connectivity index (χ1n) is 7.16. The Morgan fingerprint density at radius 2 is 2.00 bits per heavy atom. The molecule has 0 radical (unpaired) electrons. The van der Waals surface area contributed by atoms with Crippen molar-refractivity contribution in [1.82, 2.24) is 15.1 Å². The number of benzene rings is 1. The second-order valence-electron chi connectivity index (χ2n) is 5.21. The van der Waals surface area contributed by atoms with Gasteiger partial charge in [0, 0.05) is 32.2 Å². The molecule has 1 saturated heterocycles. The number of piperazine rings is 1. The predicted octanol–water partition coefficient (Wildman–Crippen LogP) is 0.0947. The number of halogens is 1. The van der Waals surface area contributed by atoms with Crippen molar-refractivity contribution < 1.29 is 18.7 Å². The molecule has 2 amide bonds. The van der Waals surface area contributed by atoms with E-state index in [1.807, 2.05) is 7.05 Å². The SMILES string of the molecule is CN1CCN(C(=O)CNC(=O)COc2cccc(F)c2)CC1. The third-order valence-electron chi connectivity index (χ3n) is 3.46. The zero-order valence-corrected chi connectivity index (χ0v) is 12.5. The van der Waals surface area contributed by atoms with E-state index in [0.717, 1.165) is 13.1 Å². The number of ether oxygens (including phenoxy) is 1. The molecule has 1 aromatic rings. The minimum Gasteiger partial charge on any atom is -0.484 e. The lowest BCUT2D eigenvalue weighted by Gasteiger charge is -2.32. The Morgan fingerprint density at radius 1 is 1.27 bits per heavy atom. The van der Waals surface area contributed by atoms with Crippen molar-refractivity contribution in [2.75, 3.05) is 46.4 Å². The highest BCUT2D eigenvalue weighted by Gasteiger charge is 2.19. The quantitative estimate of drug-likeness (QED) is 0.838. The van der Waals surface area contributed by atoms with Crippen LogP contribution in [-0.4, -0.2) is 68.0 Å². The van der Waals surface area contributed by atoms with Crippen LogP contribution in [0, 0.1) is 5.82 Å². The molecule has 1 aliphatic heterocycles. The fourth-order valence-corrected chi connectivity index (χ4v) is 2.10. The maximum Gasteiger partial charge on any atom is 0.258 e.